The van der Waals surface area contributed by atoms with Gasteiger partial charge in [-0.25, -0.2) is 9.78 Å². The van der Waals surface area contributed by atoms with Crippen LogP contribution in [0.4, 0.5) is 16.3 Å². The van der Waals surface area contributed by atoms with E-state index in [1.54, 1.807) is 7.11 Å². The summed E-state index contributed by atoms with van der Waals surface area (Å²) < 4.78 is 5.58. The van der Waals surface area contributed by atoms with Gasteiger partial charge in [0.25, 0.3) is 0 Å². The van der Waals surface area contributed by atoms with Gasteiger partial charge in [0.2, 0.25) is 0 Å². The Kier molecular flexibility index (Phi) is 6.94. The highest BCUT2D eigenvalue weighted by Crippen LogP contribution is 2.28. The number of urea groups is 1. The Morgan fingerprint density at radius 1 is 1.32 bits per heavy atom. The lowest BCUT2D eigenvalue weighted by Gasteiger charge is -2.34. The quantitative estimate of drug-likeness (QED) is 0.371. The molecule has 0 radical (unpaired) electrons. The van der Waals surface area contributed by atoms with Crippen molar-refractivity contribution in [3.8, 4) is 0 Å². The van der Waals surface area contributed by atoms with Gasteiger partial charge in [-0.3, -0.25) is 10.7 Å². The number of ether oxygens (including phenoxy) is 1. The third kappa shape index (κ3) is 5.20. The largest absolute Gasteiger partial charge is 0.398 e. The van der Waals surface area contributed by atoms with Crippen LogP contribution in [0.1, 0.15) is 37.9 Å². The normalized spacial score (nSPS) is 12.1. The van der Waals surface area contributed by atoms with Crippen molar-refractivity contribution in [1.82, 2.24) is 15.6 Å². The zero-order valence-electron chi connectivity index (χ0n) is 16.7. The van der Waals surface area contributed by atoms with E-state index in [2.05, 4.69) is 20.9 Å². The van der Waals surface area contributed by atoms with Crippen LogP contribution in [0.15, 0.2) is 42.6 Å². The van der Waals surface area contributed by atoms with Crippen LogP contribution in [0.3, 0.4) is 0 Å². The lowest BCUT2D eigenvalue weighted by Crippen LogP contribution is -2.45. The fraction of sp³-hybridized carbons (Fsp3) is 0.350. The summed E-state index contributed by atoms with van der Waals surface area (Å²) in [5.41, 5.74) is 7.13. The van der Waals surface area contributed by atoms with E-state index >= 15 is 0 Å². The molecule has 0 bridgehead atoms. The molecule has 0 fully saturated rings. The number of carbonyl (C=O) groups excluding carboxylic acids is 1. The molecule has 2 aromatic rings. The molecule has 0 unspecified atom stereocenters. The number of benzene rings is 1. The van der Waals surface area contributed by atoms with E-state index in [0.717, 1.165) is 5.56 Å². The van der Waals surface area contributed by atoms with Crippen molar-refractivity contribution in [2.75, 3.05) is 24.7 Å². The predicted octanol–water partition coefficient (Wildman–Crippen LogP) is 2.89. The highest BCUT2D eigenvalue weighted by molar-refractivity contribution is 6.01. The second kappa shape index (κ2) is 9.18. The highest BCUT2D eigenvalue weighted by atomic mass is 16.5. The number of hydrogen-bond acceptors (Lipinski definition) is 5. The maximum Gasteiger partial charge on any atom is 0.320 e. The summed E-state index contributed by atoms with van der Waals surface area (Å²) in [5.74, 6) is 0.486. The summed E-state index contributed by atoms with van der Waals surface area (Å²) in [6.07, 6.45) is 1.46. The van der Waals surface area contributed by atoms with E-state index in [0.29, 0.717) is 23.6 Å². The van der Waals surface area contributed by atoms with Crippen LogP contribution in [0.2, 0.25) is 0 Å². The van der Waals surface area contributed by atoms with Gasteiger partial charge in [-0.1, -0.05) is 30.3 Å². The van der Waals surface area contributed by atoms with Gasteiger partial charge in [-0.05, 0) is 26.3 Å². The Morgan fingerprint density at radius 3 is 2.57 bits per heavy atom. The molecule has 1 atom stereocenters. The van der Waals surface area contributed by atoms with Crippen molar-refractivity contribution in [2.24, 2.45) is 0 Å². The first-order valence-electron chi connectivity index (χ1n) is 9.04. The Hall–Kier alpha value is -3.13. The third-order valence-electron chi connectivity index (χ3n) is 4.43. The van der Waals surface area contributed by atoms with E-state index < -0.39 is 11.6 Å². The third-order valence-corrected chi connectivity index (χ3v) is 4.43. The second-order valence-electron chi connectivity index (χ2n) is 6.81. The van der Waals surface area contributed by atoms with Gasteiger partial charge >= 0.3 is 6.03 Å². The minimum absolute atomic E-state index is 0.189. The number of amides is 2. The molecule has 8 nitrogen and oxygen atoms in total. The summed E-state index contributed by atoms with van der Waals surface area (Å²) in [4.78, 5) is 16.8. The SMILES string of the molecule is CCNC(=N)c1cnc(NC(=O)N[C@@H](c2ccccc2)C(C)(C)OC)cc1N. The maximum atomic E-state index is 12.6. The Balaban J connectivity index is 2.15. The van der Waals surface area contributed by atoms with Gasteiger partial charge in [0.1, 0.15) is 11.7 Å². The van der Waals surface area contributed by atoms with Gasteiger partial charge in [-0.15, -0.1) is 0 Å². The molecule has 6 N–H and O–H groups in total. The van der Waals surface area contributed by atoms with Crippen LogP contribution in [-0.4, -0.2) is 36.1 Å². The number of nitrogens with one attached hydrogen (secondary N) is 4. The smallest absolute Gasteiger partial charge is 0.320 e. The zero-order valence-corrected chi connectivity index (χ0v) is 16.7. The number of carbonyl (C=O) groups is 1. The number of pyridine rings is 1. The molecule has 28 heavy (non-hydrogen) atoms. The average molecular weight is 384 g/mol. The molecule has 0 aliphatic rings. The molecule has 1 heterocycles. The zero-order chi connectivity index (χ0) is 20.7. The van der Waals surface area contributed by atoms with Crippen LogP contribution in [-0.2, 0) is 4.74 Å². The summed E-state index contributed by atoms with van der Waals surface area (Å²) in [6.45, 7) is 6.31. The van der Waals surface area contributed by atoms with Crippen LogP contribution in [0.5, 0.6) is 0 Å². The molecule has 0 saturated heterocycles. The summed E-state index contributed by atoms with van der Waals surface area (Å²) in [5, 5.41) is 16.4. The fourth-order valence-corrected chi connectivity index (χ4v) is 2.73. The minimum atomic E-state index is -0.629. The maximum absolute atomic E-state index is 12.6. The molecule has 1 aromatic carbocycles. The summed E-state index contributed by atoms with van der Waals surface area (Å²) in [7, 11) is 1.61. The lowest BCUT2D eigenvalue weighted by molar-refractivity contribution is -0.00740. The standard InChI is InChI=1S/C20H28N6O2/c1-5-23-18(22)14-12-24-16(11-15(14)21)25-19(27)26-17(20(2,3)28-4)13-9-7-6-8-10-13/h6-12,17H,5H2,1-4H3,(H2,22,23)(H4,21,24,25,26,27)/t17-/m0/s1. The first-order chi connectivity index (χ1) is 13.3. The second-order valence-corrected chi connectivity index (χ2v) is 6.81. The predicted molar refractivity (Wildman–Crippen MR) is 112 cm³/mol. The Bertz CT molecular complexity index is 823. The monoisotopic (exact) mass is 384 g/mol. The number of nitrogen functional groups attached to an aromatic ring is 1. The van der Waals surface area contributed by atoms with Gasteiger partial charge in [-0.2, -0.15) is 0 Å². The van der Waals surface area contributed by atoms with Crippen molar-refractivity contribution in [3.63, 3.8) is 0 Å². The number of methoxy groups -OCH3 is 1. The topological polar surface area (TPSA) is 125 Å². The van der Waals surface area contributed by atoms with Crippen LogP contribution in [0.25, 0.3) is 0 Å². The molecule has 2 amide bonds. The lowest BCUT2D eigenvalue weighted by atomic mass is 9.91. The minimum Gasteiger partial charge on any atom is -0.398 e. The summed E-state index contributed by atoms with van der Waals surface area (Å²) in [6, 6.07) is 10.3. The van der Waals surface area contributed by atoms with E-state index in [4.69, 9.17) is 15.9 Å². The molecule has 0 spiro atoms. The Labute approximate surface area is 165 Å². The van der Waals surface area contributed by atoms with Gasteiger partial charge in [0, 0.05) is 31.6 Å². The van der Waals surface area contributed by atoms with E-state index in [-0.39, 0.29) is 11.9 Å². The number of nitrogens with zero attached hydrogens (tertiary/aromatic N) is 1. The molecule has 1 aromatic heterocycles. The molecule has 0 aliphatic heterocycles. The fourth-order valence-electron chi connectivity index (χ4n) is 2.73. The number of nitrogens with two attached hydrogens (primary N) is 1. The summed E-state index contributed by atoms with van der Waals surface area (Å²) >= 11 is 0. The van der Waals surface area contributed by atoms with Gasteiger partial charge in [0.05, 0.1) is 17.2 Å². The van der Waals surface area contributed by atoms with Crippen molar-refractivity contribution < 1.29 is 9.53 Å². The van der Waals surface area contributed by atoms with E-state index in [1.165, 1.54) is 12.3 Å². The molecule has 150 valence electrons. The van der Waals surface area contributed by atoms with Gasteiger partial charge < -0.3 is 21.1 Å². The molecular weight excluding hydrogens is 356 g/mol. The molecule has 8 heteroatoms. The van der Waals surface area contributed by atoms with Crippen molar-refractivity contribution in [3.05, 3.63) is 53.7 Å². The van der Waals surface area contributed by atoms with Crippen molar-refractivity contribution >= 4 is 23.4 Å². The molecular formula is C20H28N6O2. The molecule has 0 aliphatic carbocycles. The van der Waals surface area contributed by atoms with Crippen molar-refractivity contribution in [1.29, 1.82) is 5.41 Å². The van der Waals surface area contributed by atoms with Gasteiger partial charge in [0.15, 0.2) is 0 Å². The van der Waals surface area contributed by atoms with Crippen molar-refractivity contribution in [2.45, 2.75) is 32.4 Å². The van der Waals surface area contributed by atoms with E-state index in [1.807, 2.05) is 51.1 Å². The van der Waals surface area contributed by atoms with E-state index in [9.17, 15) is 4.79 Å². The van der Waals surface area contributed by atoms with Crippen LogP contribution < -0.4 is 21.7 Å². The first-order valence-corrected chi connectivity index (χ1v) is 9.04. The van der Waals surface area contributed by atoms with Crippen LogP contribution in [0, 0.1) is 5.41 Å². The van der Waals surface area contributed by atoms with Crippen LogP contribution >= 0.6 is 0 Å². The average Bonchev–Trinajstić information content (AvgIpc) is 2.67. The number of hydrogen-bond donors (Lipinski definition) is 5. The number of amidine groups is 1. The number of aromatic nitrogens is 1. The first kappa shape index (κ1) is 21.2. The number of anilines is 2. The highest BCUT2D eigenvalue weighted by Gasteiger charge is 2.32. The molecule has 2 rings (SSSR count). The molecule has 0 saturated carbocycles. The Morgan fingerprint density at radius 2 is 2.00 bits per heavy atom. The number of rotatable bonds is 7.